The number of ether oxygens (including phenoxy) is 1. The maximum absolute atomic E-state index is 10.9. The first-order valence-electron chi connectivity index (χ1n) is 14.2. The van der Waals surface area contributed by atoms with E-state index >= 15 is 0 Å². The van der Waals surface area contributed by atoms with Crippen LogP contribution in [0, 0.1) is 45.3 Å². The molecule has 5 rings (SSSR count). The van der Waals surface area contributed by atoms with E-state index in [4.69, 9.17) is 4.74 Å². The Morgan fingerprint density at radius 1 is 0.697 bits per heavy atom. The molecule has 0 aromatic carbocycles. The molecule has 0 amide bonds. The molecule has 1 aliphatic heterocycles. The topological polar surface area (TPSA) is 49.7 Å². The second kappa shape index (κ2) is 7.22. The molecule has 5 fully saturated rings. The molecule has 4 saturated carbocycles. The molecular weight excluding hydrogens is 408 g/mol. The zero-order chi connectivity index (χ0) is 24.2. The van der Waals surface area contributed by atoms with Crippen LogP contribution in [-0.4, -0.2) is 33.6 Å². The van der Waals surface area contributed by atoms with E-state index in [2.05, 4.69) is 41.5 Å². The summed E-state index contributed by atoms with van der Waals surface area (Å²) in [5.74, 6) is 2.73. The van der Waals surface area contributed by atoms with Crippen molar-refractivity contribution in [2.75, 3.05) is 0 Å². The third kappa shape index (κ3) is 3.16. The minimum Gasteiger partial charge on any atom is -0.393 e. The van der Waals surface area contributed by atoms with Crippen LogP contribution in [0.25, 0.3) is 0 Å². The highest BCUT2D eigenvalue weighted by molar-refractivity contribution is 5.18. The molecule has 2 N–H and O–H groups in total. The standard InChI is InChI=1S/C30H52O3/c1-25(2)21-12-17-29(7)22(27(21,5)15-13-23(25)31)10-9-19-20(11-16-28(19,29)6)30(8)18-14-24(33-30)26(3,4)32/h19-24,31-32H,9-18H2,1-8H3/t19?,20?,21?,22?,23?,24?,27-,28+,29+,30-/m0/s1. The van der Waals surface area contributed by atoms with E-state index in [0.717, 1.165) is 31.1 Å². The fraction of sp³-hybridized carbons (Fsp3) is 1.00. The van der Waals surface area contributed by atoms with Gasteiger partial charge in [-0.15, -0.1) is 0 Å². The summed E-state index contributed by atoms with van der Waals surface area (Å²) in [5, 5.41) is 21.5. The third-order valence-electron chi connectivity index (χ3n) is 13.3. The number of hydrogen-bond donors (Lipinski definition) is 2. The zero-order valence-electron chi connectivity index (χ0n) is 22.8. The van der Waals surface area contributed by atoms with Gasteiger partial charge in [-0.05, 0) is 130 Å². The van der Waals surface area contributed by atoms with Crippen molar-refractivity contribution in [2.45, 2.75) is 143 Å². The van der Waals surface area contributed by atoms with Crippen molar-refractivity contribution < 1.29 is 14.9 Å². The van der Waals surface area contributed by atoms with Crippen molar-refractivity contribution in [3.8, 4) is 0 Å². The van der Waals surface area contributed by atoms with Crippen LogP contribution in [0.4, 0.5) is 0 Å². The van der Waals surface area contributed by atoms with Gasteiger partial charge < -0.3 is 14.9 Å². The molecule has 5 aliphatic rings. The van der Waals surface area contributed by atoms with Crippen molar-refractivity contribution >= 4 is 0 Å². The molecule has 33 heavy (non-hydrogen) atoms. The van der Waals surface area contributed by atoms with E-state index in [1.54, 1.807) is 0 Å². The zero-order valence-corrected chi connectivity index (χ0v) is 22.8. The van der Waals surface area contributed by atoms with E-state index in [1.807, 2.05) is 13.8 Å². The molecule has 6 unspecified atom stereocenters. The average molecular weight is 461 g/mol. The van der Waals surface area contributed by atoms with Gasteiger partial charge in [0.25, 0.3) is 0 Å². The van der Waals surface area contributed by atoms with E-state index in [1.165, 1.54) is 44.9 Å². The van der Waals surface area contributed by atoms with Crippen LogP contribution in [0.3, 0.4) is 0 Å². The summed E-state index contributed by atoms with van der Waals surface area (Å²) in [7, 11) is 0. The lowest BCUT2D eigenvalue weighted by molar-refractivity contribution is -0.227. The van der Waals surface area contributed by atoms with E-state index in [-0.39, 0.29) is 23.2 Å². The van der Waals surface area contributed by atoms with Crippen molar-refractivity contribution in [3.63, 3.8) is 0 Å². The second-order valence-corrected chi connectivity index (χ2v) is 15.3. The SMILES string of the molecule is CC(C)(O)C1CC[C@@](C)(C2CC[C@]3(C)C2CCC2[C@@]4(C)CCC(O)C(C)(C)C4CC[C@]23C)O1. The van der Waals surface area contributed by atoms with Crippen LogP contribution in [-0.2, 0) is 4.74 Å². The van der Waals surface area contributed by atoms with Crippen molar-refractivity contribution in [1.82, 2.24) is 0 Å². The number of aliphatic hydroxyl groups is 2. The summed E-state index contributed by atoms with van der Waals surface area (Å²) in [5.41, 5.74) is 0.277. The predicted molar refractivity (Wildman–Crippen MR) is 134 cm³/mol. The molecule has 3 nitrogen and oxygen atoms in total. The molecule has 0 bridgehead atoms. The van der Waals surface area contributed by atoms with Crippen LogP contribution in [0.1, 0.15) is 120 Å². The Labute approximate surface area is 203 Å². The Bertz CT molecular complexity index is 784. The van der Waals surface area contributed by atoms with Crippen LogP contribution < -0.4 is 0 Å². The Kier molecular flexibility index (Phi) is 5.38. The maximum atomic E-state index is 10.9. The molecule has 4 aliphatic carbocycles. The Morgan fingerprint density at radius 3 is 2.00 bits per heavy atom. The van der Waals surface area contributed by atoms with Gasteiger partial charge in [0, 0.05) is 0 Å². The highest BCUT2D eigenvalue weighted by Crippen LogP contribution is 2.76. The Morgan fingerprint density at radius 2 is 1.36 bits per heavy atom. The summed E-state index contributed by atoms with van der Waals surface area (Å²) >= 11 is 0. The molecular formula is C30H52O3. The van der Waals surface area contributed by atoms with Gasteiger partial charge in [-0.3, -0.25) is 0 Å². The van der Waals surface area contributed by atoms with Gasteiger partial charge in [0.05, 0.1) is 23.4 Å². The second-order valence-electron chi connectivity index (χ2n) is 15.3. The molecule has 0 radical (unpaired) electrons. The monoisotopic (exact) mass is 460 g/mol. The molecule has 0 aromatic heterocycles. The number of fused-ring (bicyclic) bond motifs is 5. The van der Waals surface area contributed by atoms with E-state index in [9.17, 15) is 10.2 Å². The Hall–Kier alpha value is -0.120. The van der Waals surface area contributed by atoms with Crippen LogP contribution in [0.2, 0.25) is 0 Å². The van der Waals surface area contributed by atoms with Crippen LogP contribution >= 0.6 is 0 Å². The first kappa shape index (κ1) is 24.6. The molecule has 0 aromatic rings. The van der Waals surface area contributed by atoms with Crippen LogP contribution in [0.15, 0.2) is 0 Å². The number of rotatable bonds is 2. The third-order valence-corrected chi connectivity index (χ3v) is 13.3. The summed E-state index contributed by atoms with van der Waals surface area (Å²) < 4.78 is 6.73. The largest absolute Gasteiger partial charge is 0.393 e. The molecule has 3 heteroatoms. The van der Waals surface area contributed by atoms with Crippen molar-refractivity contribution in [2.24, 2.45) is 45.3 Å². The quantitative estimate of drug-likeness (QED) is 0.480. The Balaban J connectivity index is 1.44. The summed E-state index contributed by atoms with van der Waals surface area (Å²) in [4.78, 5) is 0. The smallest absolute Gasteiger partial charge is 0.0865 e. The van der Waals surface area contributed by atoms with Gasteiger partial charge in [0.2, 0.25) is 0 Å². The van der Waals surface area contributed by atoms with Crippen LogP contribution in [0.5, 0.6) is 0 Å². The van der Waals surface area contributed by atoms with Gasteiger partial charge in [0.15, 0.2) is 0 Å². The lowest BCUT2D eigenvalue weighted by Crippen LogP contribution is -2.64. The summed E-state index contributed by atoms with van der Waals surface area (Å²) in [6, 6.07) is 0. The first-order chi connectivity index (χ1) is 15.1. The first-order valence-corrected chi connectivity index (χ1v) is 14.2. The molecule has 190 valence electrons. The van der Waals surface area contributed by atoms with Crippen molar-refractivity contribution in [1.29, 1.82) is 0 Å². The molecule has 0 spiro atoms. The van der Waals surface area contributed by atoms with Gasteiger partial charge in [-0.25, -0.2) is 0 Å². The molecule has 1 saturated heterocycles. The number of hydrogen-bond acceptors (Lipinski definition) is 3. The normalized spacial score (nSPS) is 56.2. The minimum absolute atomic E-state index is 0.0293. The summed E-state index contributed by atoms with van der Waals surface area (Å²) in [6.45, 7) is 18.8. The number of aliphatic hydroxyl groups excluding tert-OH is 1. The lowest BCUT2D eigenvalue weighted by Gasteiger charge is -2.70. The van der Waals surface area contributed by atoms with E-state index < -0.39 is 5.60 Å². The van der Waals surface area contributed by atoms with Gasteiger partial charge in [0.1, 0.15) is 0 Å². The highest BCUT2D eigenvalue weighted by Gasteiger charge is 2.70. The molecule has 10 atom stereocenters. The minimum atomic E-state index is -0.755. The van der Waals surface area contributed by atoms with Crippen molar-refractivity contribution in [3.05, 3.63) is 0 Å². The average Bonchev–Trinajstić information content (AvgIpc) is 3.27. The fourth-order valence-corrected chi connectivity index (χ4v) is 11.1. The highest BCUT2D eigenvalue weighted by atomic mass is 16.5. The van der Waals surface area contributed by atoms with Gasteiger partial charge in [-0.2, -0.15) is 0 Å². The fourth-order valence-electron chi connectivity index (χ4n) is 11.1. The molecule has 1 heterocycles. The predicted octanol–water partition coefficient (Wildman–Crippen LogP) is 6.74. The maximum Gasteiger partial charge on any atom is 0.0865 e. The van der Waals surface area contributed by atoms with Gasteiger partial charge in [-0.1, -0.05) is 34.6 Å². The lowest BCUT2D eigenvalue weighted by atomic mass is 9.35. The van der Waals surface area contributed by atoms with Gasteiger partial charge >= 0.3 is 0 Å². The van der Waals surface area contributed by atoms with E-state index in [0.29, 0.717) is 28.1 Å². The summed E-state index contributed by atoms with van der Waals surface area (Å²) in [6.07, 6.45) is 11.9.